The van der Waals surface area contributed by atoms with Crippen LogP contribution in [0.1, 0.15) is 40.8 Å². The van der Waals surface area contributed by atoms with Gasteiger partial charge in [0.1, 0.15) is 17.5 Å². The number of carbonyl (C=O) groups excluding carboxylic acids is 1. The number of nitrogens with one attached hydrogen (secondary N) is 1. The van der Waals surface area contributed by atoms with Gasteiger partial charge in [-0.25, -0.2) is 15.0 Å². The maximum atomic E-state index is 12.8. The summed E-state index contributed by atoms with van der Waals surface area (Å²) < 4.78 is 1.83. The van der Waals surface area contributed by atoms with E-state index in [9.17, 15) is 4.79 Å². The molecule has 9 nitrogen and oxygen atoms in total. The number of carbonyl (C=O) groups is 1. The van der Waals surface area contributed by atoms with Gasteiger partial charge in [0, 0.05) is 61.8 Å². The van der Waals surface area contributed by atoms with E-state index in [4.69, 9.17) is 0 Å². The van der Waals surface area contributed by atoms with Crippen molar-refractivity contribution in [3.63, 3.8) is 0 Å². The standard InChI is InChI=1S/C22H26N8O/c1-14-18(15(2)29(4)28-14)5-6-22(31)30-10-7-17(13-30)19-11-20(26-16(3)25-19)27-21-12-23-8-9-24-21/h5-6,8-9,11-12,17H,7,10,13H2,1-4H3,(H,24,25,26,27)/b6-5+. The van der Waals surface area contributed by atoms with Gasteiger partial charge >= 0.3 is 0 Å². The maximum absolute atomic E-state index is 12.8. The Bertz CT molecular complexity index is 1120. The summed E-state index contributed by atoms with van der Waals surface area (Å²) >= 11 is 0. The van der Waals surface area contributed by atoms with Crippen molar-refractivity contribution >= 4 is 23.6 Å². The van der Waals surface area contributed by atoms with Gasteiger partial charge in [-0.2, -0.15) is 5.10 Å². The molecular formula is C22H26N8O. The Labute approximate surface area is 181 Å². The van der Waals surface area contributed by atoms with Crippen LogP contribution >= 0.6 is 0 Å². The highest BCUT2D eigenvalue weighted by atomic mass is 16.2. The first-order valence-electron chi connectivity index (χ1n) is 10.3. The fraction of sp³-hybridized carbons (Fsp3) is 0.364. The number of hydrogen-bond donors (Lipinski definition) is 1. The number of aromatic nitrogens is 6. The van der Waals surface area contributed by atoms with Crippen molar-refractivity contribution in [1.82, 2.24) is 34.6 Å². The number of aryl methyl sites for hydroxylation is 3. The SMILES string of the molecule is Cc1nc(Nc2cnccn2)cc(C2CCN(C(=O)/C=C/c3c(C)nn(C)c3C)C2)n1. The summed E-state index contributed by atoms with van der Waals surface area (Å²) in [5, 5.41) is 7.57. The van der Waals surface area contributed by atoms with Crippen molar-refractivity contribution in [2.24, 2.45) is 7.05 Å². The highest BCUT2D eigenvalue weighted by Crippen LogP contribution is 2.28. The number of anilines is 2. The summed E-state index contributed by atoms with van der Waals surface area (Å²) in [5.74, 6) is 2.16. The van der Waals surface area contributed by atoms with Gasteiger partial charge in [-0.3, -0.25) is 14.5 Å². The van der Waals surface area contributed by atoms with Crippen LogP contribution in [0.25, 0.3) is 6.08 Å². The number of amides is 1. The fourth-order valence-electron chi connectivity index (χ4n) is 3.85. The van der Waals surface area contributed by atoms with Crippen molar-refractivity contribution < 1.29 is 4.79 Å². The molecule has 1 unspecified atom stereocenters. The highest BCUT2D eigenvalue weighted by Gasteiger charge is 2.28. The van der Waals surface area contributed by atoms with Crippen molar-refractivity contribution in [3.05, 3.63) is 59.2 Å². The lowest BCUT2D eigenvalue weighted by Gasteiger charge is -2.15. The molecule has 0 aromatic carbocycles. The molecule has 160 valence electrons. The molecular weight excluding hydrogens is 392 g/mol. The van der Waals surface area contributed by atoms with Gasteiger partial charge in [0.2, 0.25) is 5.91 Å². The molecule has 0 radical (unpaired) electrons. The number of rotatable bonds is 5. The second kappa shape index (κ2) is 8.63. The molecule has 9 heteroatoms. The normalized spacial score (nSPS) is 16.3. The molecule has 0 spiro atoms. The van der Waals surface area contributed by atoms with Crippen molar-refractivity contribution in [3.8, 4) is 0 Å². The molecule has 1 aliphatic rings. The molecule has 1 atom stereocenters. The van der Waals surface area contributed by atoms with E-state index >= 15 is 0 Å². The molecule has 1 amide bonds. The van der Waals surface area contributed by atoms with E-state index in [0.717, 1.165) is 29.1 Å². The maximum Gasteiger partial charge on any atom is 0.246 e. The van der Waals surface area contributed by atoms with Crippen molar-refractivity contribution in [1.29, 1.82) is 0 Å². The van der Waals surface area contributed by atoms with E-state index in [1.807, 2.05) is 49.5 Å². The van der Waals surface area contributed by atoms with E-state index in [2.05, 4.69) is 30.4 Å². The fourth-order valence-corrected chi connectivity index (χ4v) is 3.85. The predicted octanol–water partition coefficient (Wildman–Crippen LogP) is 2.70. The third-order valence-corrected chi connectivity index (χ3v) is 5.55. The van der Waals surface area contributed by atoms with Crippen LogP contribution in [0.5, 0.6) is 0 Å². The topological polar surface area (TPSA) is 102 Å². The van der Waals surface area contributed by atoms with Crippen LogP contribution in [0.15, 0.2) is 30.7 Å². The summed E-state index contributed by atoms with van der Waals surface area (Å²) in [6.45, 7) is 7.15. The van der Waals surface area contributed by atoms with E-state index in [1.165, 1.54) is 0 Å². The zero-order valence-corrected chi connectivity index (χ0v) is 18.2. The number of nitrogens with zero attached hydrogens (tertiary/aromatic N) is 7. The van der Waals surface area contributed by atoms with Crippen LogP contribution in [-0.2, 0) is 11.8 Å². The minimum Gasteiger partial charge on any atom is -0.338 e. The first-order valence-corrected chi connectivity index (χ1v) is 10.3. The molecule has 4 heterocycles. The van der Waals surface area contributed by atoms with Crippen molar-refractivity contribution in [2.45, 2.75) is 33.1 Å². The zero-order chi connectivity index (χ0) is 22.0. The minimum absolute atomic E-state index is 0.00818. The molecule has 4 rings (SSSR count). The van der Waals surface area contributed by atoms with Crippen LogP contribution in [0, 0.1) is 20.8 Å². The summed E-state index contributed by atoms with van der Waals surface area (Å²) in [7, 11) is 1.91. The summed E-state index contributed by atoms with van der Waals surface area (Å²) in [4.78, 5) is 32.0. The minimum atomic E-state index is 0.00818. The van der Waals surface area contributed by atoms with Crippen LogP contribution in [-0.4, -0.2) is 53.6 Å². The third-order valence-electron chi connectivity index (χ3n) is 5.55. The first-order chi connectivity index (χ1) is 14.9. The van der Waals surface area contributed by atoms with Gasteiger partial charge in [0.25, 0.3) is 0 Å². The first kappa shape index (κ1) is 20.6. The lowest BCUT2D eigenvalue weighted by atomic mass is 10.0. The van der Waals surface area contributed by atoms with E-state index in [0.29, 0.717) is 30.5 Å². The molecule has 1 aliphatic heterocycles. The van der Waals surface area contributed by atoms with E-state index in [-0.39, 0.29) is 11.8 Å². The monoisotopic (exact) mass is 418 g/mol. The second-order valence-electron chi connectivity index (χ2n) is 7.75. The Morgan fingerprint density at radius 2 is 2.03 bits per heavy atom. The van der Waals surface area contributed by atoms with Crippen molar-refractivity contribution in [2.75, 3.05) is 18.4 Å². The number of hydrogen-bond acceptors (Lipinski definition) is 7. The second-order valence-corrected chi connectivity index (χ2v) is 7.75. The molecule has 0 aliphatic carbocycles. The molecule has 3 aromatic rings. The molecule has 31 heavy (non-hydrogen) atoms. The summed E-state index contributed by atoms with van der Waals surface area (Å²) in [6, 6.07) is 1.93. The highest BCUT2D eigenvalue weighted by molar-refractivity contribution is 5.92. The Balaban J connectivity index is 1.44. The zero-order valence-electron chi connectivity index (χ0n) is 18.2. The molecule has 0 bridgehead atoms. The Morgan fingerprint density at radius 1 is 1.19 bits per heavy atom. The quantitative estimate of drug-likeness (QED) is 0.636. The Morgan fingerprint density at radius 3 is 2.74 bits per heavy atom. The smallest absolute Gasteiger partial charge is 0.246 e. The lowest BCUT2D eigenvalue weighted by Crippen LogP contribution is -2.26. The van der Waals surface area contributed by atoms with Gasteiger partial charge < -0.3 is 10.2 Å². The molecule has 1 fully saturated rings. The van der Waals surface area contributed by atoms with Crippen LogP contribution < -0.4 is 5.32 Å². The Hall–Kier alpha value is -3.62. The van der Waals surface area contributed by atoms with Gasteiger partial charge in [-0.1, -0.05) is 0 Å². The summed E-state index contributed by atoms with van der Waals surface area (Å²) in [6.07, 6.45) is 9.27. The molecule has 0 saturated carbocycles. The molecule has 1 saturated heterocycles. The van der Waals surface area contributed by atoms with Gasteiger partial charge in [-0.05, 0) is 33.3 Å². The average Bonchev–Trinajstić information content (AvgIpc) is 3.32. The Kier molecular flexibility index (Phi) is 5.75. The average molecular weight is 419 g/mol. The van der Waals surface area contributed by atoms with Crippen LogP contribution in [0.4, 0.5) is 11.6 Å². The molecule has 1 N–H and O–H groups in total. The third kappa shape index (κ3) is 4.60. The molecule has 3 aromatic heterocycles. The number of likely N-dealkylation sites (tertiary alicyclic amines) is 1. The van der Waals surface area contributed by atoms with Gasteiger partial charge in [0.05, 0.1) is 17.6 Å². The largest absolute Gasteiger partial charge is 0.338 e. The van der Waals surface area contributed by atoms with Crippen LogP contribution in [0.3, 0.4) is 0 Å². The van der Waals surface area contributed by atoms with E-state index < -0.39 is 0 Å². The van der Waals surface area contributed by atoms with Crippen LogP contribution in [0.2, 0.25) is 0 Å². The predicted molar refractivity (Wildman–Crippen MR) is 118 cm³/mol. The van der Waals surface area contributed by atoms with Gasteiger partial charge in [0.15, 0.2) is 0 Å². The lowest BCUT2D eigenvalue weighted by molar-refractivity contribution is -0.124. The summed E-state index contributed by atoms with van der Waals surface area (Å²) in [5.41, 5.74) is 3.89. The van der Waals surface area contributed by atoms with Gasteiger partial charge in [-0.15, -0.1) is 0 Å². The van der Waals surface area contributed by atoms with E-state index in [1.54, 1.807) is 24.7 Å².